The quantitative estimate of drug-likeness (QED) is 0.751. The van der Waals surface area contributed by atoms with E-state index < -0.39 is 5.82 Å². The monoisotopic (exact) mass is 262 g/mol. The van der Waals surface area contributed by atoms with Gasteiger partial charge in [0.2, 0.25) is 0 Å². The average Bonchev–Trinajstić information content (AvgIpc) is 2.41. The van der Waals surface area contributed by atoms with E-state index in [-0.39, 0.29) is 10.8 Å². The van der Waals surface area contributed by atoms with Gasteiger partial charge in [0, 0.05) is 12.0 Å². The molecule has 0 bridgehead atoms. The summed E-state index contributed by atoms with van der Waals surface area (Å²) < 4.78 is 13.2. The highest BCUT2D eigenvalue weighted by Crippen LogP contribution is 2.21. The van der Waals surface area contributed by atoms with Crippen molar-refractivity contribution in [2.24, 2.45) is 0 Å². The van der Waals surface area contributed by atoms with Gasteiger partial charge in [0.1, 0.15) is 5.82 Å². The van der Waals surface area contributed by atoms with Crippen molar-refractivity contribution in [3.63, 3.8) is 0 Å². The van der Waals surface area contributed by atoms with Crippen LogP contribution in [0, 0.1) is 5.82 Å². The second-order valence-electron chi connectivity index (χ2n) is 4.00. The summed E-state index contributed by atoms with van der Waals surface area (Å²) in [4.78, 5) is 11.9. The van der Waals surface area contributed by atoms with E-state index in [1.54, 1.807) is 24.3 Å². The van der Waals surface area contributed by atoms with Crippen molar-refractivity contribution in [2.75, 3.05) is 0 Å². The fourth-order valence-electron chi connectivity index (χ4n) is 1.76. The number of ketones is 1. The lowest BCUT2D eigenvalue weighted by Gasteiger charge is -2.04. The van der Waals surface area contributed by atoms with Gasteiger partial charge in [0.15, 0.2) is 5.78 Å². The molecule has 2 aromatic rings. The van der Waals surface area contributed by atoms with Gasteiger partial charge >= 0.3 is 0 Å². The number of hydrogen-bond acceptors (Lipinski definition) is 1. The number of carbonyl (C=O) groups excluding carboxylic acids is 1. The molecule has 0 aromatic heterocycles. The van der Waals surface area contributed by atoms with Crippen LogP contribution in [0.1, 0.15) is 22.3 Å². The van der Waals surface area contributed by atoms with Crippen molar-refractivity contribution in [3.8, 4) is 0 Å². The van der Waals surface area contributed by atoms with E-state index in [1.807, 2.05) is 18.2 Å². The summed E-state index contributed by atoms with van der Waals surface area (Å²) in [6.07, 6.45) is 0.775. The number of hydrogen-bond donors (Lipinski definition) is 0. The van der Waals surface area contributed by atoms with E-state index in [0.717, 1.165) is 0 Å². The van der Waals surface area contributed by atoms with E-state index in [0.29, 0.717) is 24.0 Å². The van der Waals surface area contributed by atoms with Crippen LogP contribution in [-0.2, 0) is 6.42 Å². The Balaban J connectivity index is 2.04. The standard InChI is InChI=1S/C15H12ClFO/c16-15-12(7-4-8-13(15)17)9-10-14(18)11-5-2-1-3-6-11/h1-8H,9-10H2. The molecule has 0 N–H and O–H groups in total. The SMILES string of the molecule is O=C(CCc1cccc(F)c1Cl)c1ccccc1. The molecule has 2 rings (SSSR count). The summed E-state index contributed by atoms with van der Waals surface area (Å²) in [6.45, 7) is 0. The van der Waals surface area contributed by atoms with E-state index in [9.17, 15) is 9.18 Å². The van der Waals surface area contributed by atoms with Gasteiger partial charge in [-0.15, -0.1) is 0 Å². The molecule has 3 heteroatoms. The highest BCUT2D eigenvalue weighted by molar-refractivity contribution is 6.31. The van der Waals surface area contributed by atoms with E-state index in [2.05, 4.69) is 0 Å². The van der Waals surface area contributed by atoms with Crippen LogP contribution in [0.25, 0.3) is 0 Å². The number of aryl methyl sites for hydroxylation is 1. The van der Waals surface area contributed by atoms with Crippen molar-refractivity contribution in [1.29, 1.82) is 0 Å². The zero-order valence-electron chi connectivity index (χ0n) is 9.70. The maximum Gasteiger partial charge on any atom is 0.163 e. The number of rotatable bonds is 4. The molecule has 0 radical (unpaired) electrons. The molecule has 92 valence electrons. The first-order valence-corrected chi connectivity index (χ1v) is 6.07. The van der Waals surface area contributed by atoms with Gasteiger partial charge in [0.25, 0.3) is 0 Å². The van der Waals surface area contributed by atoms with Crippen LogP contribution in [0.3, 0.4) is 0 Å². The molecule has 0 aliphatic rings. The van der Waals surface area contributed by atoms with Crippen molar-refractivity contribution in [2.45, 2.75) is 12.8 Å². The number of halogens is 2. The second kappa shape index (κ2) is 5.78. The molecule has 1 nitrogen and oxygen atoms in total. The smallest absolute Gasteiger partial charge is 0.163 e. The Kier molecular flexibility index (Phi) is 4.11. The zero-order chi connectivity index (χ0) is 13.0. The molecule has 0 heterocycles. The first-order valence-electron chi connectivity index (χ1n) is 5.69. The van der Waals surface area contributed by atoms with Gasteiger partial charge in [-0.3, -0.25) is 4.79 Å². The summed E-state index contributed by atoms with van der Waals surface area (Å²) in [5, 5.41) is 0.110. The van der Waals surface area contributed by atoms with Crippen molar-refractivity contribution in [1.82, 2.24) is 0 Å². The highest BCUT2D eigenvalue weighted by atomic mass is 35.5. The van der Waals surface area contributed by atoms with Crippen LogP contribution >= 0.6 is 11.6 Å². The molecule has 0 unspecified atom stereocenters. The minimum Gasteiger partial charge on any atom is -0.294 e. The first kappa shape index (κ1) is 12.8. The van der Waals surface area contributed by atoms with Crippen LogP contribution in [0.4, 0.5) is 4.39 Å². The summed E-state index contributed by atoms with van der Waals surface area (Å²) in [5.41, 5.74) is 1.34. The third-order valence-electron chi connectivity index (χ3n) is 2.75. The molecule has 18 heavy (non-hydrogen) atoms. The van der Waals surface area contributed by atoms with Crippen LogP contribution in [0.5, 0.6) is 0 Å². The maximum absolute atomic E-state index is 13.2. The molecular weight excluding hydrogens is 251 g/mol. The molecule has 0 saturated carbocycles. The normalized spacial score (nSPS) is 10.3. The number of Topliss-reactive ketones (excluding diaryl/α,β-unsaturated/α-hetero) is 1. The van der Waals surface area contributed by atoms with Crippen molar-refractivity contribution in [3.05, 3.63) is 70.5 Å². The minimum atomic E-state index is -0.443. The lowest BCUT2D eigenvalue weighted by Crippen LogP contribution is -2.01. The van der Waals surface area contributed by atoms with Crippen molar-refractivity contribution < 1.29 is 9.18 Å². The average molecular weight is 263 g/mol. The second-order valence-corrected chi connectivity index (χ2v) is 4.38. The summed E-state index contributed by atoms with van der Waals surface area (Å²) in [6, 6.07) is 13.7. The molecular formula is C15H12ClFO. The Hall–Kier alpha value is -1.67. The Labute approximate surface area is 110 Å². The number of benzene rings is 2. The third-order valence-corrected chi connectivity index (χ3v) is 3.17. The lowest BCUT2D eigenvalue weighted by atomic mass is 10.0. The van der Waals surface area contributed by atoms with Gasteiger partial charge in [-0.05, 0) is 18.1 Å². The molecule has 0 aliphatic heterocycles. The Bertz CT molecular complexity index is 552. The predicted molar refractivity (Wildman–Crippen MR) is 70.5 cm³/mol. The predicted octanol–water partition coefficient (Wildman–Crippen LogP) is 4.29. The van der Waals surface area contributed by atoms with E-state index in [4.69, 9.17) is 11.6 Å². The molecule has 0 fully saturated rings. The largest absolute Gasteiger partial charge is 0.294 e. The first-order chi connectivity index (χ1) is 8.68. The Morgan fingerprint density at radius 1 is 1.06 bits per heavy atom. The zero-order valence-corrected chi connectivity index (χ0v) is 10.5. The Morgan fingerprint density at radius 2 is 1.78 bits per heavy atom. The van der Waals surface area contributed by atoms with Crippen LogP contribution in [0.2, 0.25) is 5.02 Å². The molecule has 0 amide bonds. The lowest BCUT2D eigenvalue weighted by molar-refractivity contribution is 0.0983. The molecule has 0 saturated heterocycles. The molecule has 0 aliphatic carbocycles. The molecule has 0 spiro atoms. The van der Waals surface area contributed by atoms with Gasteiger partial charge in [-0.1, -0.05) is 54.1 Å². The van der Waals surface area contributed by atoms with Crippen molar-refractivity contribution >= 4 is 17.4 Å². The molecule has 0 atom stereocenters. The molecule has 2 aromatic carbocycles. The topological polar surface area (TPSA) is 17.1 Å². The maximum atomic E-state index is 13.2. The van der Waals surface area contributed by atoms with Gasteiger partial charge < -0.3 is 0 Å². The fraction of sp³-hybridized carbons (Fsp3) is 0.133. The fourth-order valence-corrected chi connectivity index (χ4v) is 1.98. The van der Waals surface area contributed by atoms with E-state index in [1.165, 1.54) is 6.07 Å². The summed E-state index contributed by atoms with van der Waals surface area (Å²) in [7, 11) is 0. The van der Waals surface area contributed by atoms with Crippen LogP contribution in [-0.4, -0.2) is 5.78 Å². The van der Waals surface area contributed by atoms with E-state index >= 15 is 0 Å². The van der Waals surface area contributed by atoms with Gasteiger partial charge in [0.05, 0.1) is 5.02 Å². The Morgan fingerprint density at radius 3 is 2.50 bits per heavy atom. The van der Waals surface area contributed by atoms with Crippen LogP contribution < -0.4 is 0 Å². The van der Waals surface area contributed by atoms with Crippen LogP contribution in [0.15, 0.2) is 48.5 Å². The summed E-state index contributed by atoms with van der Waals surface area (Å²) >= 11 is 5.84. The summed E-state index contributed by atoms with van der Waals surface area (Å²) in [5.74, 6) is -0.405. The van der Waals surface area contributed by atoms with Gasteiger partial charge in [-0.2, -0.15) is 0 Å². The minimum absolute atomic E-state index is 0.0379. The van der Waals surface area contributed by atoms with Gasteiger partial charge in [-0.25, -0.2) is 4.39 Å². The number of carbonyl (C=O) groups is 1. The highest BCUT2D eigenvalue weighted by Gasteiger charge is 2.09. The third kappa shape index (κ3) is 2.96.